The van der Waals surface area contributed by atoms with E-state index in [0.29, 0.717) is 11.6 Å². The van der Waals surface area contributed by atoms with Crippen molar-refractivity contribution in [2.24, 2.45) is 0 Å². The van der Waals surface area contributed by atoms with Gasteiger partial charge in [0.05, 0.1) is 11.7 Å². The van der Waals surface area contributed by atoms with Gasteiger partial charge in [0.15, 0.2) is 0 Å². The summed E-state index contributed by atoms with van der Waals surface area (Å²) in [4.78, 5) is 8.48. The third-order valence-electron chi connectivity index (χ3n) is 2.39. The first-order valence-electron chi connectivity index (χ1n) is 4.95. The number of benzene rings is 1. The summed E-state index contributed by atoms with van der Waals surface area (Å²) in [5.41, 5.74) is 7.38. The van der Waals surface area contributed by atoms with Crippen LogP contribution in [-0.4, -0.2) is 19.7 Å². The molecule has 5 nitrogen and oxygen atoms in total. The molecule has 0 radical (unpaired) electrons. The van der Waals surface area contributed by atoms with Gasteiger partial charge in [-0.1, -0.05) is 0 Å². The summed E-state index contributed by atoms with van der Waals surface area (Å²) < 4.78 is 2.67. The Morgan fingerprint density at radius 3 is 2.65 bits per heavy atom. The number of hydrogen-bond acceptors (Lipinski definition) is 4. The summed E-state index contributed by atoms with van der Waals surface area (Å²) in [6, 6.07) is 5.65. The van der Waals surface area contributed by atoms with Crippen LogP contribution in [0.1, 0.15) is 0 Å². The van der Waals surface area contributed by atoms with Crippen LogP contribution < -0.4 is 5.73 Å². The molecule has 1 aromatic carbocycles. The number of aromatic nitrogens is 4. The number of fused-ring (bicyclic) bond motifs is 1. The largest absolute Gasteiger partial charge is 0.399 e. The molecule has 0 bridgehead atoms. The first-order valence-corrected chi connectivity index (χ1v) is 6.03. The number of hydrogen-bond donors (Lipinski definition) is 1. The van der Waals surface area contributed by atoms with Gasteiger partial charge >= 0.3 is 0 Å². The number of halogens is 1. The lowest BCUT2D eigenvalue weighted by Crippen LogP contribution is -2.02. The summed E-state index contributed by atoms with van der Waals surface area (Å²) in [5, 5.41) is 5.29. The summed E-state index contributed by atoms with van der Waals surface area (Å²) in [7, 11) is 0. The van der Waals surface area contributed by atoms with Crippen LogP contribution in [-0.2, 0) is 0 Å². The van der Waals surface area contributed by atoms with E-state index in [1.54, 1.807) is 23.3 Å². The van der Waals surface area contributed by atoms with Crippen molar-refractivity contribution in [2.75, 3.05) is 5.73 Å². The van der Waals surface area contributed by atoms with Crippen molar-refractivity contribution in [3.8, 4) is 5.95 Å². The van der Waals surface area contributed by atoms with E-state index < -0.39 is 0 Å². The normalized spacial score (nSPS) is 10.9. The zero-order valence-electron chi connectivity index (χ0n) is 8.71. The molecule has 0 unspecified atom stereocenters. The Morgan fingerprint density at radius 2 is 1.88 bits per heavy atom. The van der Waals surface area contributed by atoms with Gasteiger partial charge in [0, 0.05) is 27.0 Å². The van der Waals surface area contributed by atoms with Gasteiger partial charge in [0.1, 0.15) is 0 Å². The predicted octanol–water partition coefficient (Wildman–Crippen LogP) is 2.00. The number of rotatable bonds is 1. The quantitative estimate of drug-likeness (QED) is 0.545. The third-order valence-corrected chi connectivity index (χ3v) is 2.95. The third kappa shape index (κ3) is 1.84. The van der Waals surface area contributed by atoms with Crippen LogP contribution in [0.4, 0.5) is 5.69 Å². The number of nitrogen functional groups attached to an aromatic ring is 1. The van der Waals surface area contributed by atoms with E-state index in [2.05, 4.69) is 37.7 Å². The Balaban J connectivity index is 2.23. The average molecular weight is 337 g/mol. The lowest BCUT2D eigenvalue weighted by Gasteiger charge is -2.01. The van der Waals surface area contributed by atoms with Gasteiger partial charge in [-0.25, -0.2) is 9.97 Å². The predicted molar refractivity (Wildman–Crippen MR) is 73.8 cm³/mol. The van der Waals surface area contributed by atoms with Crippen LogP contribution in [0.25, 0.3) is 16.9 Å². The van der Waals surface area contributed by atoms with Crippen molar-refractivity contribution >= 4 is 39.2 Å². The maximum Gasteiger partial charge on any atom is 0.251 e. The SMILES string of the molecule is Nc1ccc2cnn(-c3ncc(I)cn3)c2c1. The molecule has 0 saturated carbocycles. The molecule has 0 saturated heterocycles. The highest BCUT2D eigenvalue weighted by Crippen LogP contribution is 2.18. The fraction of sp³-hybridized carbons (Fsp3) is 0. The second kappa shape index (κ2) is 3.95. The van der Waals surface area contributed by atoms with Crippen LogP contribution in [0.2, 0.25) is 0 Å². The second-order valence-corrected chi connectivity index (χ2v) is 4.82. The zero-order chi connectivity index (χ0) is 11.8. The molecule has 6 heteroatoms. The fourth-order valence-corrected chi connectivity index (χ4v) is 1.89. The minimum Gasteiger partial charge on any atom is -0.399 e. The summed E-state index contributed by atoms with van der Waals surface area (Å²) in [6.07, 6.45) is 5.28. The van der Waals surface area contributed by atoms with E-state index in [1.165, 1.54) is 0 Å². The lowest BCUT2D eigenvalue weighted by molar-refractivity contribution is 0.830. The molecule has 84 valence electrons. The Kier molecular flexibility index (Phi) is 2.43. The van der Waals surface area contributed by atoms with Gasteiger partial charge in [0.25, 0.3) is 5.95 Å². The molecule has 0 atom stereocenters. The molecule has 0 aliphatic carbocycles. The van der Waals surface area contributed by atoms with Crippen molar-refractivity contribution < 1.29 is 0 Å². The van der Waals surface area contributed by atoms with Crippen LogP contribution in [0.5, 0.6) is 0 Å². The zero-order valence-corrected chi connectivity index (χ0v) is 10.9. The van der Waals surface area contributed by atoms with Gasteiger partial charge < -0.3 is 5.73 Å². The Morgan fingerprint density at radius 1 is 1.12 bits per heavy atom. The molecule has 2 N–H and O–H groups in total. The maximum atomic E-state index is 5.77. The van der Waals surface area contributed by atoms with E-state index in [4.69, 9.17) is 5.73 Å². The minimum atomic E-state index is 0.547. The van der Waals surface area contributed by atoms with Gasteiger partial charge in [-0.05, 0) is 40.8 Å². The van der Waals surface area contributed by atoms with E-state index >= 15 is 0 Å². The standard InChI is InChI=1S/C11H8IN5/c12-8-5-14-11(15-6-8)17-10-3-9(13)2-1-7(10)4-16-17/h1-6H,13H2. The highest BCUT2D eigenvalue weighted by molar-refractivity contribution is 14.1. The first kappa shape index (κ1) is 10.5. The average Bonchev–Trinajstić information content (AvgIpc) is 2.73. The van der Waals surface area contributed by atoms with Gasteiger partial charge in [-0.15, -0.1) is 0 Å². The van der Waals surface area contributed by atoms with Crippen LogP contribution >= 0.6 is 22.6 Å². The molecule has 0 spiro atoms. The Bertz CT molecular complexity index is 674. The molecule has 2 heterocycles. The minimum absolute atomic E-state index is 0.547. The Labute approximate surface area is 111 Å². The second-order valence-electron chi connectivity index (χ2n) is 3.58. The van der Waals surface area contributed by atoms with E-state index in [0.717, 1.165) is 14.5 Å². The molecule has 0 amide bonds. The van der Waals surface area contributed by atoms with Crippen molar-refractivity contribution in [3.05, 3.63) is 40.4 Å². The molecular weight excluding hydrogens is 329 g/mol. The molecule has 3 aromatic rings. The van der Waals surface area contributed by atoms with Crippen molar-refractivity contribution in [3.63, 3.8) is 0 Å². The van der Waals surface area contributed by atoms with E-state index in [-0.39, 0.29) is 0 Å². The van der Waals surface area contributed by atoms with E-state index in [1.807, 2.05) is 18.2 Å². The van der Waals surface area contributed by atoms with Crippen molar-refractivity contribution in [2.45, 2.75) is 0 Å². The topological polar surface area (TPSA) is 69.6 Å². The molecule has 17 heavy (non-hydrogen) atoms. The molecular formula is C11H8IN5. The van der Waals surface area contributed by atoms with Crippen molar-refractivity contribution in [1.82, 2.24) is 19.7 Å². The van der Waals surface area contributed by atoms with Crippen LogP contribution in [0, 0.1) is 3.57 Å². The van der Waals surface area contributed by atoms with Gasteiger partial charge in [-0.3, -0.25) is 0 Å². The van der Waals surface area contributed by atoms with Crippen LogP contribution in [0.15, 0.2) is 36.8 Å². The van der Waals surface area contributed by atoms with Gasteiger partial charge in [-0.2, -0.15) is 9.78 Å². The smallest absolute Gasteiger partial charge is 0.251 e. The summed E-state index contributed by atoms with van der Waals surface area (Å²) >= 11 is 2.16. The summed E-state index contributed by atoms with van der Waals surface area (Å²) in [5.74, 6) is 0.547. The van der Waals surface area contributed by atoms with Gasteiger partial charge in [0.2, 0.25) is 0 Å². The molecule has 2 aromatic heterocycles. The molecule has 0 aliphatic rings. The van der Waals surface area contributed by atoms with Crippen molar-refractivity contribution in [1.29, 1.82) is 0 Å². The van der Waals surface area contributed by atoms with E-state index in [9.17, 15) is 0 Å². The number of nitrogens with zero attached hydrogens (tertiary/aromatic N) is 4. The molecule has 0 fully saturated rings. The first-order chi connectivity index (χ1) is 8.24. The number of anilines is 1. The van der Waals surface area contributed by atoms with Crippen LogP contribution in [0.3, 0.4) is 0 Å². The fourth-order valence-electron chi connectivity index (χ4n) is 1.61. The Hall–Kier alpha value is -1.70. The maximum absolute atomic E-state index is 5.77. The number of nitrogens with two attached hydrogens (primary N) is 1. The molecule has 0 aliphatic heterocycles. The summed E-state index contributed by atoms with van der Waals surface area (Å²) in [6.45, 7) is 0. The lowest BCUT2D eigenvalue weighted by atomic mass is 10.2. The monoisotopic (exact) mass is 337 g/mol. The molecule has 3 rings (SSSR count). The highest BCUT2D eigenvalue weighted by Gasteiger charge is 2.07. The highest BCUT2D eigenvalue weighted by atomic mass is 127.